The highest BCUT2D eigenvalue weighted by Gasteiger charge is 2.36. The van der Waals surface area contributed by atoms with Crippen molar-refractivity contribution in [1.82, 2.24) is 20.7 Å². The van der Waals surface area contributed by atoms with Crippen molar-refractivity contribution in [2.75, 3.05) is 12.0 Å². The van der Waals surface area contributed by atoms with Crippen LogP contribution in [0.4, 0.5) is 13.2 Å². The summed E-state index contributed by atoms with van der Waals surface area (Å²) in [6.45, 7) is 7.16. The number of alkyl halides is 3. The van der Waals surface area contributed by atoms with E-state index in [1.165, 1.54) is 11.8 Å². The molecule has 0 heterocycles. The molecule has 0 aromatic heterocycles. The number of sulfonamides is 1. The number of carboxylic acid groups (broad SMARTS) is 1. The van der Waals surface area contributed by atoms with Gasteiger partial charge in [0.25, 0.3) is 0 Å². The maximum atomic E-state index is 13.3. The Bertz CT molecular complexity index is 1410. The number of carbonyl (C=O) groups excluding carboxylic acids is 4. The minimum Gasteiger partial charge on any atom is -0.480 e. The second-order valence-corrected chi connectivity index (χ2v) is 15.0. The van der Waals surface area contributed by atoms with Crippen LogP contribution < -0.4 is 26.4 Å². The zero-order chi connectivity index (χ0) is 37.0. The van der Waals surface area contributed by atoms with Gasteiger partial charge in [-0.05, 0) is 67.7 Å². The molecule has 0 aliphatic rings. The fourth-order valence-corrected chi connectivity index (χ4v) is 6.34. The van der Waals surface area contributed by atoms with Crippen molar-refractivity contribution in [3.8, 4) is 0 Å². The smallest absolute Gasteiger partial charge is 0.417 e. The summed E-state index contributed by atoms with van der Waals surface area (Å²) in [6, 6.07) is -3.42. The number of carboxylic acids is 1. The first kappa shape index (κ1) is 42.9. The van der Waals surface area contributed by atoms with Crippen LogP contribution in [-0.2, 0) is 40.2 Å². The Morgan fingerprint density at radius 2 is 1.42 bits per heavy atom. The summed E-state index contributed by atoms with van der Waals surface area (Å²) >= 11 is 6.99. The molecule has 1 aromatic carbocycles. The Morgan fingerprint density at radius 3 is 1.88 bits per heavy atom. The topological polar surface area (TPSA) is 214 Å². The maximum Gasteiger partial charge on any atom is 0.417 e. The highest BCUT2D eigenvalue weighted by molar-refractivity contribution is 7.98. The minimum atomic E-state index is -4.98. The molecule has 0 saturated carbocycles. The third-order valence-corrected chi connectivity index (χ3v) is 9.22. The van der Waals surface area contributed by atoms with E-state index < -0.39 is 98.3 Å². The Hall–Kier alpha value is -3.09. The number of carbonyl (C=O) groups is 5. The first-order valence-electron chi connectivity index (χ1n) is 14.9. The molecule has 0 bridgehead atoms. The highest BCUT2D eigenvalue weighted by Crippen LogP contribution is 2.36. The number of rotatable bonds is 20. The molecular formula is C29H43ClF3N5O8S2. The molecule has 4 atom stereocenters. The molecule has 0 aliphatic heterocycles. The third kappa shape index (κ3) is 14.6. The van der Waals surface area contributed by atoms with Crippen LogP contribution in [0.1, 0.15) is 65.4 Å². The van der Waals surface area contributed by atoms with Gasteiger partial charge in [-0.15, -0.1) is 0 Å². The van der Waals surface area contributed by atoms with E-state index in [0.717, 1.165) is 6.07 Å². The van der Waals surface area contributed by atoms with Crippen molar-refractivity contribution in [2.24, 2.45) is 17.6 Å². The highest BCUT2D eigenvalue weighted by atomic mass is 35.5. The summed E-state index contributed by atoms with van der Waals surface area (Å²) in [5.41, 5.74) is 3.99. The fourth-order valence-electron chi connectivity index (χ4n) is 4.39. The molecule has 0 aliphatic carbocycles. The van der Waals surface area contributed by atoms with Crippen LogP contribution in [0.5, 0.6) is 0 Å². The number of primary amides is 1. The van der Waals surface area contributed by atoms with Crippen LogP contribution >= 0.6 is 23.4 Å². The average Bonchev–Trinajstić information content (AvgIpc) is 2.95. The summed E-state index contributed by atoms with van der Waals surface area (Å²) in [4.78, 5) is 62.1. The van der Waals surface area contributed by atoms with Gasteiger partial charge in [0, 0.05) is 6.42 Å². The Morgan fingerprint density at radius 1 is 0.896 bits per heavy atom. The van der Waals surface area contributed by atoms with Crippen LogP contribution in [0.2, 0.25) is 5.02 Å². The number of hydrogen-bond donors (Lipinski definition) is 6. The molecule has 272 valence electrons. The zero-order valence-corrected chi connectivity index (χ0v) is 29.5. The molecule has 13 nitrogen and oxygen atoms in total. The Kier molecular flexibility index (Phi) is 17.2. The van der Waals surface area contributed by atoms with E-state index in [1.807, 2.05) is 20.1 Å². The predicted molar refractivity (Wildman–Crippen MR) is 174 cm³/mol. The normalized spacial score (nSPS) is 14.6. The number of benzene rings is 1. The summed E-state index contributed by atoms with van der Waals surface area (Å²) in [7, 11) is -4.81. The second kappa shape index (κ2) is 19.2. The lowest BCUT2D eigenvalue weighted by Gasteiger charge is -2.26. The van der Waals surface area contributed by atoms with Crippen molar-refractivity contribution >= 4 is 63.0 Å². The number of amides is 4. The minimum absolute atomic E-state index is 0.0675. The number of thioether (sulfide) groups is 1. The molecule has 4 amide bonds. The molecule has 0 spiro atoms. The van der Waals surface area contributed by atoms with Gasteiger partial charge in [0.2, 0.25) is 33.7 Å². The third-order valence-electron chi connectivity index (χ3n) is 6.78. The molecule has 0 radical (unpaired) electrons. The van der Waals surface area contributed by atoms with Gasteiger partial charge in [-0.2, -0.15) is 29.7 Å². The Balaban J connectivity index is 3.07. The van der Waals surface area contributed by atoms with Crippen molar-refractivity contribution in [3.05, 3.63) is 28.8 Å². The van der Waals surface area contributed by atoms with E-state index in [4.69, 9.17) is 17.3 Å². The number of hydrogen-bond acceptors (Lipinski definition) is 8. The van der Waals surface area contributed by atoms with Crippen LogP contribution in [0.3, 0.4) is 0 Å². The van der Waals surface area contributed by atoms with Crippen LogP contribution in [0.25, 0.3) is 0 Å². The molecule has 1 rings (SSSR count). The van der Waals surface area contributed by atoms with Crippen LogP contribution in [0.15, 0.2) is 23.1 Å². The van der Waals surface area contributed by atoms with Gasteiger partial charge in [-0.1, -0.05) is 39.3 Å². The van der Waals surface area contributed by atoms with Crippen molar-refractivity contribution in [2.45, 2.75) is 95.0 Å². The van der Waals surface area contributed by atoms with Crippen molar-refractivity contribution in [1.29, 1.82) is 0 Å². The lowest BCUT2D eigenvalue weighted by Crippen LogP contribution is -2.57. The van der Waals surface area contributed by atoms with Crippen LogP contribution in [-0.4, -0.2) is 79.3 Å². The van der Waals surface area contributed by atoms with E-state index in [0.29, 0.717) is 11.8 Å². The molecule has 19 heteroatoms. The van der Waals surface area contributed by atoms with Crippen molar-refractivity contribution < 1.29 is 50.7 Å². The maximum absolute atomic E-state index is 13.3. The van der Waals surface area contributed by atoms with Crippen molar-refractivity contribution in [3.63, 3.8) is 0 Å². The first-order valence-corrected chi connectivity index (χ1v) is 18.1. The standard InChI is InChI=1S/C29H43ClF3N5O8S2/c1-15(2)12-22(26(41)37-23(13-16(3)4)27(42)36-20(25(34)40)10-11-47-5)35-24(39)9-8-21(28(43)44)38-48(45,46)17-6-7-19(30)18(14-17)29(31,32)33/h6-7,14-16,20-23,38H,8-13H2,1-5H3,(H2,34,40)(H,35,39)(H,36,42)(H,37,41)(H,43,44)/t20-,21-,22-,23-/m0/s1. The van der Waals surface area contributed by atoms with Crippen LogP contribution in [0, 0.1) is 11.8 Å². The van der Waals surface area contributed by atoms with Gasteiger partial charge in [0.05, 0.1) is 15.5 Å². The molecule has 0 fully saturated rings. The zero-order valence-electron chi connectivity index (χ0n) is 27.1. The number of halogens is 4. The number of nitrogens with two attached hydrogens (primary N) is 1. The lowest BCUT2D eigenvalue weighted by molar-refractivity contribution is -0.139. The molecule has 48 heavy (non-hydrogen) atoms. The molecule has 1 aromatic rings. The van der Waals surface area contributed by atoms with Gasteiger partial charge in [0.1, 0.15) is 24.2 Å². The predicted octanol–water partition coefficient (Wildman–Crippen LogP) is 2.66. The van der Waals surface area contributed by atoms with E-state index in [-0.39, 0.29) is 37.2 Å². The quantitative estimate of drug-likeness (QED) is 0.116. The summed E-state index contributed by atoms with van der Waals surface area (Å²) in [5.74, 6) is -4.30. The molecule has 0 unspecified atom stereocenters. The lowest BCUT2D eigenvalue weighted by atomic mass is 9.99. The summed E-state index contributed by atoms with van der Waals surface area (Å²) in [6.07, 6.45) is -3.81. The molecule has 7 N–H and O–H groups in total. The fraction of sp³-hybridized carbons (Fsp3) is 0.621. The average molecular weight is 746 g/mol. The SMILES string of the molecule is CSCC[C@H](NC(=O)[C@H](CC(C)C)NC(=O)[C@H](CC(C)C)NC(=O)CC[C@H](NS(=O)(=O)c1ccc(Cl)c(C(F)(F)F)c1)C(=O)O)C(N)=O. The summed E-state index contributed by atoms with van der Waals surface area (Å²) in [5, 5.41) is 16.5. The van der Waals surface area contributed by atoms with E-state index in [2.05, 4.69) is 16.0 Å². The van der Waals surface area contributed by atoms with E-state index in [1.54, 1.807) is 18.6 Å². The number of aliphatic carboxylic acids is 1. The summed E-state index contributed by atoms with van der Waals surface area (Å²) < 4.78 is 67.0. The Labute approximate surface area is 287 Å². The molecule has 0 saturated heterocycles. The number of nitrogens with one attached hydrogen (secondary N) is 4. The van der Waals surface area contributed by atoms with Gasteiger partial charge in [-0.3, -0.25) is 24.0 Å². The van der Waals surface area contributed by atoms with Gasteiger partial charge in [0.15, 0.2) is 0 Å². The monoisotopic (exact) mass is 745 g/mol. The van der Waals surface area contributed by atoms with Gasteiger partial charge >= 0.3 is 12.1 Å². The first-order chi connectivity index (χ1) is 22.1. The van der Waals surface area contributed by atoms with E-state index >= 15 is 0 Å². The largest absolute Gasteiger partial charge is 0.480 e. The second-order valence-electron chi connectivity index (χ2n) is 11.9. The van der Waals surface area contributed by atoms with Gasteiger partial charge < -0.3 is 26.8 Å². The van der Waals surface area contributed by atoms with Gasteiger partial charge in [-0.25, -0.2) is 8.42 Å². The van der Waals surface area contributed by atoms with E-state index in [9.17, 15) is 50.7 Å². The molecular weight excluding hydrogens is 703 g/mol.